The summed E-state index contributed by atoms with van der Waals surface area (Å²) in [4.78, 5) is 8.68. The molecule has 2 aromatic rings. The average molecular weight is 266 g/mol. The molecule has 20 heavy (non-hydrogen) atoms. The topological polar surface area (TPSA) is 63.8 Å². The van der Waals surface area contributed by atoms with E-state index in [0.717, 1.165) is 25.2 Å². The third-order valence-corrected chi connectivity index (χ3v) is 4.73. The van der Waals surface area contributed by atoms with Crippen molar-refractivity contribution in [2.75, 3.05) is 18.8 Å². The van der Waals surface area contributed by atoms with Crippen LogP contribution in [0.5, 0.6) is 0 Å². The number of benzene rings is 1. The van der Waals surface area contributed by atoms with Crippen molar-refractivity contribution in [1.82, 2.24) is 15.3 Å². The second kappa shape index (κ2) is 4.28. The molecule has 0 saturated carbocycles. The lowest BCUT2D eigenvalue weighted by Crippen LogP contribution is -2.43. The lowest BCUT2D eigenvalue weighted by molar-refractivity contribution is 0.302. The Morgan fingerprint density at radius 3 is 2.80 bits per heavy atom. The fourth-order valence-corrected chi connectivity index (χ4v) is 3.75. The molecule has 1 aliphatic heterocycles. The minimum atomic E-state index is 0.244. The Hall–Kier alpha value is -1.94. The van der Waals surface area contributed by atoms with Crippen molar-refractivity contribution in [2.45, 2.75) is 24.7 Å². The van der Waals surface area contributed by atoms with E-state index in [2.05, 4.69) is 39.6 Å². The highest BCUT2D eigenvalue weighted by Gasteiger charge is 2.40. The number of piperidine rings is 1. The van der Waals surface area contributed by atoms with Crippen molar-refractivity contribution >= 4 is 5.95 Å². The molecule has 1 fully saturated rings. The second-order valence-electron chi connectivity index (χ2n) is 5.85. The lowest BCUT2D eigenvalue weighted by atomic mass is 9.64. The first-order valence-electron chi connectivity index (χ1n) is 7.21. The van der Waals surface area contributed by atoms with Crippen molar-refractivity contribution < 1.29 is 0 Å². The molecule has 2 aliphatic rings. The molecule has 4 rings (SSSR count). The predicted octanol–water partition coefficient (Wildman–Crippen LogP) is 1.90. The summed E-state index contributed by atoms with van der Waals surface area (Å²) in [5.41, 5.74) is 11.0. The van der Waals surface area contributed by atoms with Gasteiger partial charge in [0.05, 0.1) is 5.69 Å². The van der Waals surface area contributed by atoms with Crippen molar-refractivity contribution in [3.8, 4) is 11.3 Å². The summed E-state index contributed by atoms with van der Waals surface area (Å²) in [7, 11) is 0. The van der Waals surface area contributed by atoms with Crippen molar-refractivity contribution in [3.05, 3.63) is 41.6 Å². The van der Waals surface area contributed by atoms with Crippen LogP contribution in [0.2, 0.25) is 0 Å². The normalized spacial score (nSPS) is 19.4. The van der Waals surface area contributed by atoms with Crippen LogP contribution in [0.1, 0.15) is 24.0 Å². The number of aromatic nitrogens is 2. The molecule has 2 heterocycles. The highest BCUT2D eigenvalue weighted by molar-refractivity contribution is 5.72. The first-order chi connectivity index (χ1) is 9.78. The van der Waals surface area contributed by atoms with Crippen LogP contribution in [0.25, 0.3) is 11.3 Å². The van der Waals surface area contributed by atoms with Gasteiger partial charge in [-0.15, -0.1) is 0 Å². The molecule has 1 spiro atoms. The van der Waals surface area contributed by atoms with E-state index in [1.807, 2.05) is 6.20 Å². The summed E-state index contributed by atoms with van der Waals surface area (Å²) in [6.07, 6.45) is 5.29. The molecule has 1 saturated heterocycles. The number of nitrogens with zero attached hydrogens (tertiary/aromatic N) is 2. The third-order valence-electron chi connectivity index (χ3n) is 4.73. The summed E-state index contributed by atoms with van der Waals surface area (Å²) in [5, 5.41) is 3.47. The second-order valence-corrected chi connectivity index (χ2v) is 5.85. The highest BCUT2D eigenvalue weighted by atomic mass is 15.0. The maximum Gasteiger partial charge on any atom is 0.220 e. The molecule has 4 heteroatoms. The van der Waals surface area contributed by atoms with Gasteiger partial charge in [0.2, 0.25) is 5.95 Å². The quantitative estimate of drug-likeness (QED) is 0.764. The van der Waals surface area contributed by atoms with Crippen molar-refractivity contribution in [2.24, 2.45) is 0 Å². The van der Waals surface area contributed by atoms with Gasteiger partial charge in [-0.1, -0.05) is 24.3 Å². The third kappa shape index (κ3) is 1.64. The van der Waals surface area contributed by atoms with Gasteiger partial charge in [-0.3, -0.25) is 0 Å². The van der Waals surface area contributed by atoms with Crippen LogP contribution in [0.3, 0.4) is 0 Å². The Morgan fingerprint density at radius 2 is 1.95 bits per heavy atom. The number of hydrogen-bond acceptors (Lipinski definition) is 4. The van der Waals surface area contributed by atoms with Crippen LogP contribution >= 0.6 is 0 Å². The van der Waals surface area contributed by atoms with Gasteiger partial charge in [0.25, 0.3) is 0 Å². The van der Waals surface area contributed by atoms with Gasteiger partial charge in [-0.2, -0.15) is 0 Å². The predicted molar refractivity (Wildman–Crippen MR) is 79.4 cm³/mol. The Labute approximate surface area is 118 Å². The van der Waals surface area contributed by atoms with Gasteiger partial charge >= 0.3 is 0 Å². The molecule has 1 aromatic carbocycles. The molecule has 0 bridgehead atoms. The van der Waals surface area contributed by atoms with Gasteiger partial charge < -0.3 is 11.1 Å². The summed E-state index contributed by atoms with van der Waals surface area (Å²) in [5.74, 6) is 0.361. The number of anilines is 1. The fraction of sp³-hybridized carbons (Fsp3) is 0.375. The summed E-state index contributed by atoms with van der Waals surface area (Å²) < 4.78 is 0. The van der Waals surface area contributed by atoms with E-state index < -0.39 is 0 Å². The fourth-order valence-electron chi connectivity index (χ4n) is 3.75. The van der Waals surface area contributed by atoms with Gasteiger partial charge in [0.1, 0.15) is 0 Å². The number of nitrogens with two attached hydrogens (primary N) is 1. The number of fused-ring (bicyclic) bond motifs is 4. The van der Waals surface area contributed by atoms with Crippen LogP contribution in [0.15, 0.2) is 30.5 Å². The van der Waals surface area contributed by atoms with Crippen LogP contribution in [-0.4, -0.2) is 23.1 Å². The smallest absolute Gasteiger partial charge is 0.220 e. The number of rotatable bonds is 0. The molecule has 102 valence electrons. The molecule has 0 unspecified atom stereocenters. The van der Waals surface area contributed by atoms with Crippen LogP contribution in [-0.2, 0) is 11.8 Å². The zero-order valence-corrected chi connectivity index (χ0v) is 11.4. The van der Waals surface area contributed by atoms with Crippen molar-refractivity contribution in [1.29, 1.82) is 0 Å². The van der Waals surface area contributed by atoms with E-state index in [-0.39, 0.29) is 5.41 Å². The molecule has 1 aliphatic carbocycles. The zero-order chi connectivity index (χ0) is 13.6. The molecular weight excluding hydrogens is 248 g/mol. The van der Waals surface area contributed by atoms with E-state index in [1.54, 1.807) is 0 Å². The Balaban J connectivity index is 1.94. The molecule has 4 nitrogen and oxygen atoms in total. The average Bonchev–Trinajstić information content (AvgIpc) is 2.50. The van der Waals surface area contributed by atoms with E-state index in [4.69, 9.17) is 5.73 Å². The molecule has 1 aromatic heterocycles. The Bertz CT molecular complexity index is 659. The molecular formula is C16H18N4. The Kier molecular flexibility index (Phi) is 2.54. The highest BCUT2D eigenvalue weighted by Crippen LogP contribution is 2.46. The standard InChI is InChI=1S/C16H18N4/c17-15-19-10-11-9-16(5-7-18-8-6-16)13-4-2-1-3-12(13)14(11)20-15/h1-4,10,18H,5-9H2,(H2,17,19,20). The maximum atomic E-state index is 5.78. The van der Waals surface area contributed by atoms with E-state index >= 15 is 0 Å². The van der Waals surface area contributed by atoms with Gasteiger partial charge in [-0.25, -0.2) is 9.97 Å². The van der Waals surface area contributed by atoms with Crippen LogP contribution in [0.4, 0.5) is 5.95 Å². The van der Waals surface area contributed by atoms with Gasteiger partial charge in [0, 0.05) is 17.2 Å². The SMILES string of the molecule is Nc1ncc2c(n1)-c1ccccc1C1(CCNCC1)C2. The molecule has 0 atom stereocenters. The van der Waals surface area contributed by atoms with E-state index in [9.17, 15) is 0 Å². The lowest BCUT2D eigenvalue weighted by Gasteiger charge is -2.42. The minimum Gasteiger partial charge on any atom is -0.368 e. The minimum absolute atomic E-state index is 0.244. The maximum absolute atomic E-state index is 5.78. The summed E-state index contributed by atoms with van der Waals surface area (Å²) in [6, 6.07) is 8.66. The Morgan fingerprint density at radius 1 is 1.15 bits per heavy atom. The van der Waals surface area contributed by atoms with Crippen LogP contribution < -0.4 is 11.1 Å². The number of nitrogens with one attached hydrogen (secondary N) is 1. The monoisotopic (exact) mass is 266 g/mol. The number of hydrogen-bond donors (Lipinski definition) is 2. The van der Waals surface area contributed by atoms with Crippen molar-refractivity contribution in [3.63, 3.8) is 0 Å². The number of nitrogen functional groups attached to an aromatic ring is 1. The first-order valence-corrected chi connectivity index (χ1v) is 7.21. The van der Waals surface area contributed by atoms with Gasteiger partial charge in [-0.05, 0) is 43.5 Å². The molecule has 3 N–H and O–H groups in total. The van der Waals surface area contributed by atoms with E-state index in [0.29, 0.717) is 5.95 Å². The van der Waals surface area contributed by atoms with E-state index in [1.165, 1.54) is 29.5 Å². The summed E-state index contributed by atoms with van der Waals surface area (Å²) >= 11 is 0. The van der Waals surface area contributed by atoms with Crippen LogP contribution in [0, 0.1) is 0 Å². The molecule has 0 amide bonds. The first kappa shape index (κ1) is 11.9. The largest absolute Gasteiger partial charge is 0.368 e. The zero-order valence-electron chi connectivity index (χ0n) is 11.4. The molecule has 0 radical (unpaired) electrons. The summed E-state index contributed by atoms with van der Waals surface area (Å²) in [6.45, 7) is 2.17. The van der Waals surface area contributed by atoms with Gasteiger partial charge in [0.15, 0.2) is 0 Å².